The van der Waals surface area contributed by atoms with Crippen molar-refractivity contribution in [1.82, 2.24) is 21.0 Å². The number of unbranched alkanes of at least 4 members (excludes halogenated alkanes) is 1. The van der Waals surface area contributed by atoms with Crippen LogP contribution in [0.15, 0.2) is 18.2 Å². The summed E-state index contributed by atoms with van der Waals surface area (Å²) in [6, 6.07) is 4.40. The summed E-state index contributed by atoms with van der Waals surface area (Å²) in [5.74, 6) is -1.33. The Labute approximate surface area is 191 Å². The van der Waals surface area contributed by atoms with Crippen molar-refractivity contribution >= 4 is 35.1 Å². The molecule has 4 N–H and O–H groups in total. The van der Waals surface area contributed by atoms with Crippen molar-refractivity contribution in [3.63, 3.8) is 0 Å². The maximum Gasteiger partial charge on any atom is 0.255 e. The average Bonchev–Trinajstić information content (AvgIpc) is 3.12. The molecule has 4 amide bonds. The number of nitrogens with zero attached hydrogens (tertiary/aromatic N) is 1. The van der Waals surface area contributed by atoms with E-state index in [9.17, 15) is 24.0 Å². The molecule has 11 nitrogen and oxygen atoms in total. The van der Waals surface area contributed by atoms with Gasteiger partial charge >= 0.3 is 0 Å². The summed E-state index contributed by atoms with van der Waals surface area (Å²) >= 11 is 0. The molecule has 1 aromatic carbocycles. The molecule has 33 heavy (non-hydrogen) atoms. The third-order valence-corrected chi connectivity index (χ3v) is 5.56. The van der Waals surface area contributed by atoms with Crippen LogP contribution in [0.2, 0.25) is 0 Å². The highest BCUT2D eigenvalue weighted by molar-refractivity contribution is 6.06. The highest BCUT2D eigenvalue weighted by Gasteiger charge is 2.39. The molecule has 2 aliphatic rings. The molecular weight excluding hydrogens is 430 g/mol. The second kappa shape index (κ2) is 11.6. The fraction of sp³-hybridized carbons (Fsp3) is 0.500. The molecule has 1 fully saturated rings. The van der Waals surface area contributed by atoms with Crippen LogP contribution in [-0.4, -0.2) is 67.1 Å². The minimum atomic E-state index is -0.699. The lowest BCUT2D eigenvalue weighted by Crippen LogP contribution is -2.52. The molecule has 1 atom stereocenters. The van der Waals surface area contributed by atoms with Crippen molar-refractivity contribution in [2.75, 3.05) is 32.1 Å². The van der Waals surface area contributed by atoms with Crippen LogP contribution in [0.25, 0.3) is 0 Å². The summed E-state index contributed by atoms with van der Waals surface area (Å²) in [7, 11) is 1.59. The number of hydroxylamine groups is 1. The molecule has 0 saturated carbocycles. The number of nitrogens with one attached hydrogen (secondary N) is 4. The van der Waals surface area contributed by atoms with Gasteiger partial charge in [0.2, 0.25) is 17.7 Å². The number of hydrogen-bond donors (Lipinski definition) is 4. The van der Waals surface area contributed by atoms with Gasteiger partial charge in [-0.15, -0.1) is 0 Å². The van der Waals surface area contributed by atoms with Gasteiger partial charge in [0.25, 0.3) is 5.91 Å². The standard InChI is InChI=1S/C22H29N5O6/c1-23-33-13-14(28)11-24-10-3-2-7-19(29)25-17-6-4-5-15-16(17)12-27(22(15)32)18-8-9-20(30)26-21(18)31/h4-6,18,23-24H,2-3,7-13H2,1H3,(H,25,29)(H,26,30,31). The Hall–Kier alpha value is -3.15. The van der Waals surface area contributed by atoms with Crippen LogP contribution in [0.3, 0.4) is 0 Å². The molecule has 0 aliphatic carbocycles. The molecule has 1 aromatic rings. The Bertz CT molecular complexity index is 934. The Morgan fingerprint density at radius 1 is 1.21 bits per heavy atom. The van der Waals surface area contributed by atoms with Crippen molar-refractivity contribution in [1.29, 1.82) is 0 Å². The van der Waals surface area contributed by atoms with Gasteiger partial charge in [-0.25, -0.2) is 5.48 Å². The summed E-state index contributed by atoms with van der Waals surface area (Å²) in [5, 5.41) is 8.16. The van der Waals surface area contributed by atoms with Crippen molar-refractivity contribution in [2.24, 2.45) is 0 Å². The summed E-state index contributed by atoms with van der Waals surface area (Å²) in [6.07, 6.45) is 2.13. The monoisotopic (exact) mass is 459 g/mol. The van der Waals surface area contributed by atoms with Crippen LogP contribution in [-0.2, 0) is 30.6 Å². The summed E-state index contributed by atoms with van der Waals surface area (Å²) in [5.41, 5.74) is 4.11. The van der Waals surface area contributed by atoms with Crippen molar-refractivity contribution in [2.45, 2.75) is 44.7 Å². The molecule has 0 aromatic heterocycles. The van der Waals surface area contributed by atoms with Gasteiger partial charge in [-0.1, -0.05) is 6.07 Å². The topological polar surface area (TPSA) is 146 Å². The fourth-order valence-electron chi connectivity index (χ4n) is 3.88. The van der Waals surface area contributed by atoms with Gasteiger partial charge in [-0.3, -0.25) is 34.1 Å². The maximum absolute atomic E-state index is 12.8. The number of fused-ring (bicyclic) bond motifs is 1. The second-order valence-electron chi connectivity index (χ2n) is 7.95. The summed E-state index contributed by atoms with van der Waals surface area (Å²) in [6.45, 7) is 1.01. The van der Waals surface area contributed by atoms with Crippen LogP contribution in [0.5, 0.6) is 0 Å². The second-order valence-corrected chi connectivity index (χ2v) is 7.95. The number of anilines is 1. The molecule has 2 heterocycles. The van der Waals surface area contributed by atoms with Gasteiger partial charge in [0.05, 0.1) is 6.54 Å². The first kappa shape index (κ1) is 24.5. The van der Waals surface area contributed by atoms with Crippen LogP contribution in [0, 0.1) is 0 Å². The molecule has 0 radical (unpaired) electrons. The van der Waals surface area contributed by atoms with E-state index in [2.05, 4.69) is 21.4 Å². The third kappa shape index (κ3) is 6.44. The first-order valence-electron chi connectivity index (χ1n) is 11.0. The number of piperidine rings is 1. The normalized spacial score (nSPS) is 17.7. The van der Waals surface area contributed by atoms with E-state index in [-0.39, 0.29) is 56.0 Å². The largest absolute Gasteiger partial charge is 0.326 e. The van der Waals surface area contributed by atoms with Gasteiger partial charge in [-0.2, -0.15) is 0 Å². The highest BCUT2D eigenvalue weighted by atomic mass is 16.6. The molecule has 3 rings (SSSR count). The number of Topliss-reactive ketones (excluding diaryl/α,β-unsaturated/α-hetero) is 1. The fourth-order valence-corrected chi connectivity index (χ4v) is 3.88. The molecule has 11 heteroatoms. The predicted molar refractivity (Wildman–Crippen MR) is 118 cm³/mol. The SMILES string of the molecule is CNOCC(=O)CNCCCCC(=O)Nc1cccc2c1CN(C1CCC(=O)NC1=O)C2=O. The number of hydrogen-bond acceptors (Lipinski definition) is 8. The minimum absolute atomic E-state index is 0.00320. The molecule has 0 spiro atoms. The van der Waals surface area contributed by atoms with Gasteiger partial charge in [0.1, 0.15) is 12.6 Å². The average molecular weight is 460 g/mol. The molecular formula is C22H29N5O6. The van der Waals surface area contributed by atoms with E-state index < -0.39 is 11.9 Å². The van der Waals surface area contributed by atoms with E-state index in [1.165, 1.54) is 4.90 Å². The van der Waals surface area contributed by atoms with Gasteiger partial charge in [0.15, 0.2) is 5.78 Å². The Morgan fingerprint density at radius 3 is 2.79 bits per heavy atom. The number of rotatable bonds is 12. The summed E-state index contributed by atoms with van der Waals surface area (Å²) < 4.78 is 0. The lowest BCUT2D eigenvalue weighted by atomic mass is 10.0. The van der Waals surface area contributed by atoms with Gasteiger partial charge in [-0.05, 0) is 37.9 Å². The summed E-state index contributed by atoms with van der Waals surface area (Å²) in [4.78, 5) is 66.6. The zero-order chi connectivity index (χ0) is 23.8. The molecule has 1 unspecified atom stereocenters. The van der Waals surface area contributed by atoms with E-state index in [0.29, 0.717) is 36.2 Å². The highest BCUT2D eigenvalue weighted by Crippen LogP contribution is 2.32. The van der Waals surface area contributed by atoms with Crippen molar-refractivity contribution in [3.8, 4) is 0 Å². The number of benzene rings is 1. The molecule has 0 bridgehead atoms. The van der Waals surface area contributed by atoms with E-state index in [1.54, 1.807) is 25.2 Å². The quantitative estimate of drug-likeness (QED) is 0.192. The van der Waals surface area contributed by atoms with Crippen LogP contribution in [0.1, 0.15) is 48.0 Å². The first-order valence-corrected chi connectivity index (χ1v) is 11.0. The van der Waals surface area contributed by atoms with Crippen LogP contribution >= 0.6 is 0 Å². The molecule has 2 aliphatic heterocycles. The lowest BCUT2D eigenvalue weighted by Gasteiger charge is -2.29. The number of carbonyl (C=O) groups is 5. The minimum Gasteiger partial charge on any atom is -0.326 e. The van der Waals surface area contributed by atoms with E-state index >= 15 is 0 Å². The number of imide groups is 1. The zero-order valence-electron chi connectivity index (χ0n) is 18.6. The predicted octanol–water partition coefficient (Wildman–Crippen LogP) is -0.134. The Balaban J connectivity index is 1.46. The lowest BCUT2D eigenvalue weighted by molar-refractivity contribution is -0.137. The zero-order valence-corrected chi connectivity index (χ0v) is 18.6. The van der Waals surface area contributed by atoms with Gasteiger partial charge < -0.3 is 15.5 Å². The van der Waals surface area contributed by atoms with E-state index in [0.717, 1.165) is 6.42 Å². The first-order chi connectivity index (χ1) is 15.9. The number of carbonyl (C=O) groups excluding carboxylic acids is 5. The Morgan fingerprint density at radius 2 is 2.03 bits per heavy atom. The molecule has 178 valence electrons. The number of amides is 4. The van der Waals surface area contributed by atoms with Crippen LogP contribution < -0.4 is 21.4 Å². The molecule has 1 saturated heterocycles. The Kier molecular flexibility index (Phi) is 8.64. The van der Waals surface area contributed by atoms with E-state index in [1.807, 2.05) is 0 Å². The van der Waals surface area contributed by atoms with Crippen molar-refractivity contribution in [3.05, 3.63) is 29.3 Å². The van der Waals surface area contributed by atoms with Crippen molar-refractivity contribution < 1.29 is 28.8 Å². The number of ketones is 1. The maximum atomic E-state index is 12.8. The van der Waals surface area contributed by atoms with E-state index in [4.69, 9.17) is 4.84 Å². The third-order valence-electron chi connectivity index (χ3n) is 5.56. The van der Waals surface area contributed by atoms with Gasteiger partial charge in [0, 0.05) is 43.2 Å². The smallest absolute Gasteiger partial charge is 0.255 e. The van der Waals surface area contributed by atoms with Crippen LogP contribution in [0.4, 0.5) is 5.69 Å².